The van der Waals surface area contributed by atoms with E-state index in [9.17, 15) is 0 Å². The second-order valence-electron chi connectivity index (χ2n) is 5.60. The van der Waals surface area contributed by atoms with E-state index in [1.54, 1.807) is 0 Å². The van der Waals surface area contributed by atoms with Gasteiger partial charge in [-0.05, 0) is 42.4 Å². The monoisotopic (exact) mass is 395 g/mol. The number of hydrogen-bond acceptors (Lipinski definition) is 3. The second kappa shape index (κ2) is 7.56. The molecule has 1 fully saturated rings. The first-order valence-corrected chi connectivity index (χ1v) is 8.87. The summed E-state index contributed by atoms with van der Waals surface area (Å²) >= 11 is 9.50. The molecule has 2 aromatic rings. The standard InChI is InChI=1S/C18H19BrClNO2/c1-2-21-10-16(11-21)23-18-9-14(19)6-7-17(18)22-12-13-4-3-5-15(20)8-13/h3-9,16H,2,10-12H2,1H3. The van der Waals surface area contributed by atoms with E-state index in [0.29, 0.717) is 11.6 Å². The van der Waals surface area contributed by atoms with Gasteiger partial charge in [-0.25, -0.2) is 0 Å². The first kappa shape index (κ1) is 16.6. The maximum Gasteiger partial charge on any atom is 0.162 e. The lowest BCUT2D eigenvalue weighted by Gasteiger charge is -2.38. The highest BCUT2D eigenvalue weighted by atomic mass is 79.9. The van der Waals surface area contributed by atoms with E-state index in [0.717, 1.165) is 41.2 Å². The molecule has 1 saturated heterocycles. The average molecular weight is 397 g/mol. The number of ether oxygens (including phenoxy) is 2. The maximum atomic E-state index is 6.08. The van der Waals surface area contributed by atoms with Gasteiger partial charge in [0, 0.05) is 22.6 Å². The molecule has 0 saturated carbocycles. The van der Waals surface area contributed by atoms with Crippen LogP contribution in [-0.4, -0.2) is 30.6 Å². The summed E-state index contributed by atoms with van der Waals surface area (Å²) in [5.41, 5.74) is 1.03. The highest BCUT2D eigenvalue weighted by Crippen LogP contribution is 2.33. The minimum absolute atomic E-state index is 0.234. The van der Waals surface area contributed by atoms with Crippen LogP contribution in [0.2, 0.25) is 5.02 Å². The molecule has 23 heavy (non-hydrogen) atoms. The fraction of sp³-hybridized carbons (Fsp3) is 0.333. The molecule has 3 nitrogen and oxygen atoms in total. The Morgan fingerprint density at radius 3 is 2.74 bits per heavy atom. The van der Waals surface area contributed by atoms with Gasteiger partial charge in [-0.2, -0.15) is 0 Å². The van der Waals surface area contributed by atoms with Crippen molar-refractivity contribution in [2.24, 2.45) is 0 Å². The number of benzene rings is 2. The van der Waals surface area contributed by atoms with Gasteiger partial charge in [0.2, 0.25) is 0 Å². The molecule has 3 rings (SSSR count). The Bertz CT molecular complexity index is 674. The first-order valence-electron chi connectivity index (χ1n) is 7.70. The van der Waals surface area contributed by atoms with Crippen LogP contribution in [-0.2, 0) is 6.61 Å². The number of nitrogens with zero attached hydrogens (tertiary/aromatic N) is 1. The Hall–Kier alpha value is -1.23. The number of rotatable bonds is 6. The molecule has 122 valence electrons. The summed E-state index contributed by atoms with van der Waals surface area (Å²) in [4.78, 5) is 2.34. The summed E-state index contributed by atoms with van der Waals surface area (Å²) in [6, 6.07) is 13.5. The largest absolute Gasteiger partial charge is 0.485 e. The fourth-order valence-corrected chi connectivity index (χ4v) is 3.07. The van der Waals surface area contributed by atoms with Crippen molar-refractivity contribution in [3.8, 4) is 11.5 Å². The fourth-order valence-electron chi connectivity index (χ4n) is 2.52. The van der Waals surface area contributed by atoms with Crippen molar-refractivity contribution < 1.29 is 9.47 Å². The molecule has 0 radical (unpaired) electrons. The zero-order chi connectivity index (χ0) is 16.2. The summed E-state index contributed by atoms with van der Waals surface area (Å²) in [5.74, 6) is 1.53. The minimum Gasteiger partial charge on any atom is -0.485 e. The zero-order valence-electron chi connectivity index (χ0n) is 13.0. The van der Waals surface area contributed by atoms with E-state index < -0.39 is 0 Å². The van der Waals surface area contributed by atoms with Crippen LogP contribution in [0.15, 0.2) is 46.9 Å². The van der Waals surface area contributed by atoms with Gasteiger partial charge in [0.05, 0.1) is 0 Å². The van der Waals surface area contributed by atoms with Crippen molar-refractivity contribution in [3.05, 3.63) is 57.5 Å². The number of likely N-dealkylation sites (tertiary alicyclic amines) is 1. The zero-order valence-corrected chi connectivity index (χ0v) is 15.3. The number of likely N-dealkylation sites (N-methyl/N-ethyl adjacent to an activating group) is 1. The molecule has 1 aliphatic heterocycles. The molecular weight excluding hydrogens is 378 g/mol. The lowest BCUT2D eigenvalue weighted by molar-refractivity contribution is 0.0216. The molecule has 5 heteroatoms. The third-order valence-electron chi connectivity index (χ3n) is 3.85. The van der Waals surface area contributed by atoms with Crippen LogP contribution >= 0.6 is 27.5 Å². The van der Waals surface area contributed by atoms with Gasteiger partial charge >= 0.3 is 0 Å². The van der Waals surface area contributed by atoms with E-state index in [1.807, 2.05) is 42.5 Å². The van der Waals surface area contributed by atoms with E-state index in [2.05, 4.69) is 27.8 Å². The van der Waals surface area contributed by atoms with E-state index in [4.69, 9.17) is 21.1 Å². The van der Waals surface area contributed by atoms with E-state index >= 15 is 0 Å². The maximum absolute atomic E-state index is 6.08. The van der Waals surface area contributed by atoms with E-state index in [-0.39, 0.29) is 6.10 Å². The summed E-state index contributed by atoms with van der Waals surface area (Å²) < 4.78 is 13.0. The number of hydrogen-bond donors (Lipinski definition) is 0. The normalized spacial score (nSPS) is 15.3. The van der Waals surface area contributed by atoms with Gasteiger partial charge in [0.1, 0.15) is 12.7 Å². The molecule has 0 aromatic heterocycles. The van der Waals surface area contributed by atoms with Crippen LogP contribution in [0.25, 0.3) is 0 Å². The van der Waals surface area contributed by atoms with Crippen molar-refractivity contribution in [3.63, 3.8) is 0 Å². The molecule has 0 unspecified atom stereocenters. The van der Waals surface area contributed by atoms with Gasteiger partial charge in [0.25, 0.3) is 0 Å². The van der Waals surface area contributed by atoms with Crippen molar-refractivity contribution >= 4 is 27.5 Å². The molecule has 2 aromatic carbocycles. The van der Waals surface area contributed by atoms with Crippen molar-refractivity contribution in [2.45, 2.75) is 19.6 Å². The summed E-state index contributed by atoms with van der Waals surface area (Å²) in [6.45, 7) is 5.63. The number of halogens is 2. The SMILES string of the molecule is CCN1CC(Oc2cc(Br)ccc2OCc2cccc(Cl)c2)C1. The molecule has 0 bridgehead atoms. The Balaban J connectivity index is 1.66. The van der Waals surface area contributed by atoms with Crippen molar-refractivity contribution in [2.75, 3.05) is 19.6 Å². The van der Waals surface area contributed by atoms with Gasteiger partial charge in [-0.3, -0.25) is 4.90 Å². The van der Waals surface area contributed by atoms with Crippen molar-refractivity contribution in [1.82, 2.24) is 4.90 Å². The topological polar surface area (TPSA) is 21.7 Å². The van der Waals surface area contributed by atoms with Crippen LogP contribution in [0.1, 0.15) is 12.5 Å². The second-order valence-corrected chi connectivity index (χ2v) is 6.95. The molecule has 0 N–H and O–H groups in total. The lowest BCUT2D eigenvalue weighted by Crippen LogP contribution is -2.53. The quantitative estimate of drug-likeness (QED) is 0.702. The lowest BCUT2D eigenvalue weighted by atomic mass is 10.1. The van der Waals surface area contributed by atoms with Gasteiger partial charge in [-0.1, -0.05) is 46.6 Å². The van der Waals surface area contributed by atoms with Crippen LogP contribution in [0.3, 0.4) is 0 Å². The van der Waals surface area contributed by atoms with Gasteiger partial charge in [0.15, 0.2) is 11.5 Å². The smallest absolute Gasteiger partial charge is 0.162 e. The first-order chi connectivity index (χ1) is 11.1. The molecular formula is C18H19BrClNO2. The van der Waals surface area contributed by atoms with Crippen molar-refractivity contribution in [1.29, 1.82) is 0 Å². The summed E-state index contributed by atoms with van der Waals surface area (Å²) in [6.07, 6.45) is 0.234. The predicted octanol–water partition coefficient (Wildman–Crippen LogP) is 4.76. The van der Waals surface area contributed by atoms with E-state index in [1.165, 1.54) is 0 Å². The molecule has 0 spiro atoms. The Kier molecular flexibility index (Phi) is 5.46. The highest BCUT2D eigenvalue weighted by Gasteiger charge is 2.27. The predicted molar refractivity (Wildman–Crippen MR) is 96.5 cm³/mol. The molecule has 0 amide bonds. The van der Waals surface area contributed by atoms with Crippen LogP contribution in [0.5, 0.6) is 11.5 Å². The Morgan fingerprint density at radius 2 is 2.00 bits per heavy atom. The van der Waals surface area contributed by atoms with Crippen LogP contribution in [0, 0.1) is 0 Å². The Morgan fingerprint density at radius 1 is 1.17 bits per heavy atom. The molecule has 1 aliphatic rings. The van der Waals surface area contributed by atoms with Crippen LogP contribution in [0.4, 0.5) is 0 Å². The summed E-state index contributed by atoms with van der Waals surface area (Å²) in [5, 5.41) is 0.715. The highest BCUT2D eigenvalue weighted by molar-refractivity contribution is 9.10. The third-order valence-corrected chi connectivity index (χ3v) is 4.58. The van der Waals surface area contributed by atoms with Gasteiger partial charge in [-0.15, -0.1) is 0 Å². The average Bonchev–Trinajstić information content (AvgIpc) is 2.49. The molecule has 0 atom stereocenters. The summed E-state index contributed by atoms with van der Waals surface area (Å²) in [7, 11) is 0. The Labute approximate surface area is 150 Å². The van der Waals surface area contributed by atoms with Gasteiger partial charge < -0.3 is 9.47 Å². The van der Waals surface area contributed by atoms with Crippen LogP contribution < -0.4 is 9.47 Å². The third kappa shape index (κ3) is 4.40. The molecule has 1 heterocycles. The molecule has 0 aliphatic carbocycles. The minimum atomic E-state index is 0.234.